The van der Waals surface area contributed by atoms with Gasteiger partial charge in [-0.05, 0) is 12.1 Å². The van der Waals surface area contributed by atoms with Crippen molar-refractivity contribution in [3.63, 3.8) is 0 Å². The number of carbonyl (C=O) groups is 1. The molecule has 0 aromatic heterocycles. The SMILES string of the molecule is NCCNC(=O)Nc1cccc(N)c1S(=O)(=O)O. The van der Waals surface area contributed by atoms with Gasteiger partial charge in [0.05, 0.1) is 11.4 Å². The van der Waals surface area contributed by atoms with Gasteiger partial charge in [0.15, 0.2) is 0 Å². The summed E-state index contributed by atoms with van der Waals surface area (Å²) in [6.07, 6.45) is 0. The highest BCUT2D eigenvalue weighted by Gasteiger charge is 2.20. The molecule has 7 N–H and O–H groups in total. The van der Waals surface area contributed by atoms with Gasteiger partial charge in [0, 0.05) is 13.1 Å². The highest BCUT2D eigenvalue weighted by Crippen LogP contribution is 2.26. The third-order valence-corrected chi connectivity index (χ3v) is 2.95. The zero-order valence-electron chi connectivity index (χ0n) is 9.38. The van der Waals surface area contributed by atoms with Crippen LogP contribution in [-0.4, -0.2) is 32.1 Å². The van der Waals surface area contributed by atoms with Gasteiger partial charge in [-0.1, -0.05) is 6.07 Å². The smallest absolute Gasteiger partial charge is 0.319 e. The molecule has 0 saturated carbocycles. The fraction of sp³-hybridized carbons (Fsp3) is 0.222. The van der Waals surface area contributed by atoms with E-state index in [2.05, 4.69) is 10.6 Å². The van der Waals surface area contributed by atoms with Crippen molar-refractivity contribution in [1.29, 1.82) is 0 Å². The van der Waals surface area contributed by atoms with E-state index in [9.17, 15) is 13.2 Å². The van der Waals surface area contributed by atoms with Crippen LogP contribution in [0.1, 0.15) is 0 Å². The summed E-state index contributed by atoms with van der Waals surface area (Å²) in [5, 5.41) is 4.65. The van der Waals surface area contributed by atoms with E-state index < -0.39 is 21.0 Å². The molecule has 0 aliphatic carbocycles. The Hall–Kier alpha value is -1.84. The molecule has 8 nitrogen and oxygen atoms in total. The van der Waals surface area contributed by atoms with E-state index >= 15 is 0 Å². The second-order valence-electron chi connectivity index (χ2n) is 3.37. The molecule has 0 atom stereocenters. The van der Waals surface area contributed by atoms with Crippen molar-refractivity contribution in [2.45, 2.75) is 4.90 Å². The average molecular weight is 274 g/mol. The second-order valence-corrected chi connectivity index (χ2v) is 4.73. The Bertz CT molecular complexity index is 543. The molecule has 0 bridgehead atoms. The Balaban J connectivity index is 3.03. The van der Waals surface area contributed by atoms with E-state index in [0.717, 1.165) is 0 Å². The van der Waals surface area contributed by atoms with Crippen LogP contribution in [0.2, 0.25) is 0 Å². The molecule has 100 valence electrons. The number of nitrogens with one attached hydrogen (secondary N) is 2. The Morgan fingerprint density at radius 2 is 2.06 bits per heavy atom. The summed E-state index contributed by atoms with van der Waals surface area (Å²) in [6, 6.07) is 3.41. The largest absolute Gasteiger partial charge is 0.398 e. The standard InChI is InChI=1S/C9H14N4O4S/c10-4-5-12-9(14)13-7-3-1-2-6(11)8(7)18(15,16)17/h1-3H,4-5,10-11H2,(H2,12,13,14)(H,15,16,17). The molecule has 0 aliphatic rings. The number of anilines is 2. The molecule has 18 heavy (non-hydrogen) atoms. The Labute approximate surface area is 104 Å². The fourth-order valence-electron chi connectivity index (χ4n) is 1.29. The number of urea groups is 1. The molecule has 0 fully saturated rings. The third-order valence-electron chi connectivity index (χ3n) is 1.98. The van der Waals surface area contributed by atoms with Crippen molar-refractivity contribution >= 4 is 27.5 Å². The monoisotopic (exact) mass is 274 g/mol. The number of hydrogen-bond acceptors (Lipinski definition) is 5. The van der Waals surface area contributed by atoms with Gasteiger partial charge in [0.2, 0.25) is 0 Å². The van der Waals surface area contributed by atoms with E-state index in [0.29, 0.717) is 0 Å². The minimum Gasteiger partial charge on any atom is -0.398 e. The van der Waals surface area contributed by atoms with Crippen molar-refractivity contribution in [3.8, 4) is 0 Å². The van der Waals surface area contributed by atoms with Gasteiger partial charge in [0.25, 0.3) is 10.1 Å². The molecule has 1 rings (SSSR count). The first kappa shape index (κ1) is 14.2. The van der Waals surface area contributed by atoms with E-state index in [4.69, 9.17) is 16.0 Å². The van der Waals surface area contributed by atoms with Crippen molar-refractivity contribution < 1.29 is 17.8 Å². The zero-order chi connectivity index (χ0) is 13.8. The first-order valence-electron chi connectivity index (χ1n) is 4.97. The van der Waals surface area contributed by atoms with Crippen LogP contribution >= 0.6 is 0 Å². The molecule has 0 aliphatic heterocycles. The van der Waals surface area contributed by atoms with Crippen LogP contribution in [0.15, 0.2) is 23.1 Å². The van der Waals surface area contributed by atoms with Crippen LogP contribution in [0.5, 0.6) is 0 Å². The summed E-state index contributed by atoms with van der Waals surface area (Å²) in [5.41, 5.74) is 10.4. The minimum atomic E-state index is -4.52. The van der Waals surface area contributed by atoms with Gasteiger partial charge in [-0.3, -0.25) is 4.55 Å². The summed E-state index contributed by atoms with van der Waals surface area (Å²) in [7, 11) is -4.52. The molecular formula is C9H14N4O4S. The maximum atomic E-state index is 11.4. The van der Waals surface area contributed by atoms with Gasteiger partial charge in [-0.2, -0.15) is 8.42 Å². The quantitative estimate of drug-likeness (QED) is 0.372. The molecule has 0 saturated heterocycles. The Kier molecular flexibility index (Phi) is 4.48. The van der Waals surface area contributed by atoms with Gasteiger partial charge in [-0.15, -0.1) is 0 Å². The highest BCUT2D eigenvalue weighted by atomic mass is 32.2. The lowest BCUT2D eigenvalue weighted by atomic mass is 10.3. The minimum absolute atomic E-state index is 0.105. The number of benzene rings is 1. The molecule has 1 aromatic rings. The van der Waals surface area contributed by atoms with Crippen molar-refractivity contribution in [3.05, 3.63) is 18.2 Å². The molecule has 1 aromatic carbocycles. The summed E-state index contributed by atoms with van der Waals surface area (Å²) in [6.45, 7) is 0.477. The van der Waals surface area contributed by atoms with E-state index in [-0.39, 0.29) is 24.5 Å². The van der Waals surface area contributed by atoms with Gasteiger partial charge < -0.3 is 22.1 Å². The lowest BCUT2D eigenvalue weighted by Gasteiger charge is -2.11. The molecule has 9 heteroatoms. The predicted octanol–water partition coefficient (Wildman–Crippen LogP) is -0.404. The molecule has 0 heterocycles. The number of carbonyl (C=O) groups excluding carboxylic acids is 1. The lowest BCUT2D eigenvalue weighted by Crippen LogP contribution is -2.33. The molecule has 0 spiro atoms. The van der Waals surface area contributed by atoms with Crippen molar-refractivity contribution in [2.75, 3.05) is 24.1 Å². The maximum absolute atomic E-state index is 11.4. The summed E-state index contributed by atoms with van der Waals surface area (Å²) < 4.78 is 31.3. The van der Waals surface area contributed by atoms with E-state index in [1.54, 1.807) is 0 Å². The highest BCUT2D eigenvalue weighted by molar-refractivity contribution is 7.86. The third kappa shape index (κ3) is 3.58. The van der Waals surface area contributed by atoms with E-state index in [1.165, 1.54) is 18.2 Å². The molecular weight excluding hydrogens is 260 g/mol. The number of nitrogens with two attached hydrogens (primary N) is 2. The van der Waals surface area contributed by atoms with Gasteiger partial charge >= 0.3 is 6.03 Å². The topological polar surface area (TPSA) is 148 Å². The average Bonchev–Trinajstić information content (AvgIpc) is 2.24. The summed E-state index contributed by atoms with van der Waals surface area (Å²) in [5.74, 6) is 0. The van der Waals surface area contributed by atoms with Crippen LogP contribution < -0.4 is 22.1 Å². The predicted molar refractivity (Wildman–Crippen MR) is 66.7 cm³/mol. The second kappa shape index (κ2) is 5.67. The van der Waals surface area contributed by atoms with E-state index in [1.807, 2.05) is 0 Å². The number of amides is 2. The fourth-order valence-corrected chi connectivity index (χ4v) is 2.06. The van der Waals surface area contributed by atoms with Crippen LogP contribution in [0.4, 0.5) is 16.2 Å². The van der Waals surface area contributed by atoms with Crippen molar-refractivity contribution in [1.82, 2.24) is 5.32 Å². The first-order valence-corrected chi connectivity index (χ1v) is 6.41. The maximum Gasteiger partial charge on any atom is 0.319 e. The molecule has 0 radical (unpaired) electrons. The van der Waals surface area contributed by atoms with Gasteiger partial charge in [-0.25, -0.2) is 4.79 Å². The molecule has 0 unspecified atom stereocenters. The number of rotatable bonds is 4. The Morgan fingerprint density at radius 1 is 1.39 bits per heavy atom. The van der Waals surface area contributed by atoms with Gasteiger partial charge in [0.1, 0.15) is 4.90 Å². The summed E-state index contributed by atoms with van der Waals surface area (Å²) in [4.78, 5) is 10.8. The first-order chi connectivity index (χ1) is 8.36. The van der Waals surface area contributed by atoms with Crippen LogP contribution in [-0.2, 0) is 10.1 Å². The molecule has 2 amide bonds. The van der Waals surface area contributed by atoms with Crippen LogP contribution in [0, 0.1) is 0 Å². The van der Waals surface area contributed by atoms with Crippen LogP contribution in [0.25, 0.3) is 0 Å². The van der Waals surface area contributed by atoms with Crippen molar-refractivity contribution in [2.24, 2.45) is 5.73 Å². The van der Waals surface area contributed by atoms with Crippen LogP contribution in [0.3, 0.4) is 0 Å². The normalized spacial score (nSPS) is 11.0. The summed E-state index contributed by atoms with van der Waals surface area (Å²) >= 11 is 0. The lowest BCUT2D eigenvalue weighted by molar-refractivity contribution is 0.252. The Morgan fingerprint density at radius 3 is 2.61 bits per heavy atom. The number of nitrogen functional groups attached to an aromatic ring is 1. The zero-order valence-corrected chi connectivity index (χ0v) is 10.2. The number of hydrogen-bond donors (Lipinski definition) is 5.